The van der Waals surface area contributed by atoms with Crippen molar-refractivity contribution < 1.29 is 42.1 Å². The predicted molar refractivity (Wildman–Crippen MR) is 152 cm³/mol. The number of amides is 1. The summed E-state index contributed by atoms with van der Waals surface area (Å²) >= 11 is 6.13. The van der Waals surface area contributed by atoms with Crippen LogP contribution in [0.4, 0.5) is 24.5 Å². The van der Waals surface area contributed by atoms with E-state index in [0.29, 0.717) is 52.8 Å². The summed E-state index contributed by atoms with van der Waals surface area (Å²) in [6.07, 6.45) is -2.72. The Bertz CT molecular complexity index is 1550. The summed E-state index contributed by atoms with van der Waals surface area (Å²) in [5, 5.41) is 12.9. The van der Waals surface area contributed by atoms with Crippen molar-refractivity contribution in [1.29, 1.82) is 0 Å². The summed E-state index contributed by atoms with van der Waals surface area (Å²) in [4.78, 5) is 27.1. The number of carboxylic acids is 1. The van der Waals surface area contributed by atoms with Crippen molar-refractivity contribution in [1.82, 2.24) is 0 Å². The highest BCUT2D eigenvalue weighted by molar-refractivity contribution is 6.30. The average Bonchev–Trinajstić information content (AvgIpc) is 3.64. The van der Waals surface area contributed by atoms with E-state index in [0.717, 1.165) is 18.4 Å². The Morgan fingerprint density at radius 2 is 1.72 bits per heavy atom. The van der Waals surface area contributed by atoms with Crippen molar-refractivity contribution in [3.63, 3.8) is 0 Å². The van der Waals surface area contributed by atoms with E-state index in [2.05, 4.69) is 10.1 Å². The third-order valence-corrected chi connectivity index (χ3v) is 8.52. The zero-order valence-electron chi connectivity index (χ0n) is 23.0. The molecule has 3 aliphatic rings. The number of alkyl halides is 3. The van der Waals surface area contributed by atoms with Gasteiger partial charge in [-0.3, -0.25) is 9.59 Å². The zero-order chi connectivity index (χ0) is 30.5. The lowest BCUT2D eigenvalue weighted by Crippen LogP contribution is -2.38. The van der Waals surface area contributed by atoms with Crippen LogP contribution in [0.5, 0.6) is 17.2 Å². The van der Waals surface area contributed by atoms with Gasteiger partial charge in [0.1, 0.15) is 29.4 Å². The molecule has 1 amide bonds. The van der Waals surface area contributed by atoms with Gasteiger partial charge in [-0.05, 0) is 55.0 Å². The van der Waals surface area contributed by atoms with Gasteiger partial charge < -0.3 is 29.5 Å². The SMILES string of the molecule is COc1cc(NC(C(=O)N2CC3(CC3)c3ccc(OC(F)(F)F)cc32)c2ccc(Cl)cc2)cc(OC2CC(C(=O)O)C2)c1. The van der Waals surface area contributed by atoms with E-state index in [9.17, 15) is 27.9 Å². The zero-order valence-corrected chi connectivity index (χ0v) is 23.7. The number of rotatable bonds is 9. The number of aliphatic carboxylic acids is 1. The fourth-order valence-electron chi connectivity index (χ4n) is 5.79. The molecular formula is C31H28ClF3N2O6. The van der Waals surface area contributed by atoms with Gasteiger partial charge in [0.05, 0.1) is 18.7 Å². The first-order chi connectivity index (χ1) is 20.4. The Balaban J connectivity index is 1.31. The number of carbonyl (C=O) groups is 2. The molecule has 6 rings (SSSR count). The van der Waals surface area contributed by atoms with Gasteiger partial charge in [-0.25, -0.2) is 0 Å². The van der Waals surface area contributed by atoms with E-state index in [1.807, 2.05) is 0 Å². The van der Waals surface area contributed by atoms with Crippen LogP contribution in [0.15, 0.2) is 60.7 Å². The molecule has 1 atom stereocenters. The molecule has 2 fully saturated rings. The van der Waals surface area contributed by atoms with E-state index < -0.39 is 30.0 Å². The Kier molecular flexibility index (Phi) is 7.32. The van der Waals surface area contributed by atoms with Crippen LogP contribution in [0.3, 0.4) is 0 Å². The molecule has 43 heavy (non-hydrogen) atoms. The first kappa shape index (κ1) is 29.0. The van der Waals surface area contributed by atoms with Crippen molar-refractivity contribution in [2.75, 3.05) is 23.9 Å². The number of ether oxygens (including phenoxy) is 3. The van der Waals surface area contributed by atoms with E-state index in [4.69, 9.17) is 21.1 Å². The standard InChI is InChI=1S/C31H28ClF3N2O6/c1-41-22-12-20(13-24(14-22)42-23-10-18(11-23)29(39)40)36-27(17-2-4-19(32)5-3-17)28(38)37-16-30(8-9-30)25-7-6-21(15-26(25)37)43-31(33,34)35/h2-7,12-15,18,23,27,36H,8-11,16H2,1H3,(H,39,40). The maximum absolute atomic E-state index is 14.3. The largest absolute Gasteiger partial charge is 0.573 e. The van der Waals surface area contributed by atoms with Gasteiger partial charge in [0.2, 0.25) is 0 Å². The molecule has 0 aromatic heterocycles. The van der Waals surface area contributed by atoms with Crippen LogP contribution < -0.4 is 24.4 Å². The number of methoxy groups -OCH3 is 1. The number of hydrogen-bond donors (Lipinski definition) is 2. The summed E-state index contributed by atoms with van der Waals surface area (Å²) in [7, 11) is 1.49. The summed E-state index contributed by atoms with van der Waals surface area (Å²) in [6, 6.07) is 15.0. The first-order valence-corrected chi connectivity index (χ1v) is 14.1. The molecule has 2 saturated carbocycles. The van der Waals surface area contributed by atoms with Crippen LogP contribution in [-0.2, 0) is 15.0 Å². The van der Waals surface area contributed by atoms with Gasteiger partial charge >= 0.3 is 12.3 Å². The number of nitrogens with zero attached hydrogens (tertiary/aromatic N) is 1. The van der Waals surface area contributed by atoms with Crippen LogP contribution in [0, 0.1) is 5.92 Å². The molecular weight excluding hydrogens is 589 g/mol. The number of anilines is 2. The van der Waals surface area contributed by atoms with Gasteiger partial charge in [-0.15, -0.1) is 13.2 Å². The summed E-state index contributed by atoms with van der Waals surface area (Å²) < 4.78 is 54.7. The Morgan fingerprint density at radius 3 is 2.35 bits per heavy atom. The maximum Gasteiger partial charge on any atom is 0.573 e. The second-order valence-corrected chi connectivity index (χ2v) is 11.6. The minimum Gasteiger partial charge on any atom is -0.497 e. The van der Waals surface area contributed by atoms with Gasteiger partial charge in [0, 0.05) is 46.9 Å². The molecule has 3 aromatic carbocycles. The van der Waals surface area contributed by atoms with Gasteiger partial charge in [-0.1, -0.05) is 29.8 Å². The van der Waals surface area contributed by atoms with Crippen molar-refractivity contribution >= 4 is 34.9 Å². The van der Waals surface area contributed by atoms with Crippen LogP contribution >= 0.6 is 11.6 Å². The number of carboxylic acid groups (broad SMARTS) is 1. The third kappa shape index (κ3) is 6.04. The smallest absolute Gasteiger partial charge is 0.497 e. The third-order valence-electron chi connectivity index (χ3n) is 8.27. The minimum absolute atomic E-state index is 0.265. The monoisotopic (exact) mass is 616 g/mol. The van der Waals surface area contributed by atoms with Crippen molar-refractivity contribution in [3.05, 3.63) is 76.8 Å². The highest BCUT2D eigenvalue weighted by atomic mass is 35.5. The van der Waals surface area contributed by atoms with E-state index in [1.165, 1.54) is 24.1 Å². The van der Waals surface area contributed by atoms with Crippen LogP contribution in [0.25, 0.3) is 0 Å². The molecule has 1 aliphatic heterocycles. The molecule has 0 saturated heterocycles. The number of halogens is 4. The Labute approximate surface area is 250 Å². The Morgan fingerprint density at radius 1 is 1.02 bits per heavy atom. The molecule has 0 radical (unpaired) electrons. The number of fused-ring (bicyclic) bond motifs is 2. The molecule has 1 heterocycles. The molecule has 226 valence electrons. The minimum atomic E-state index is -4.87. The number of nitrogens with one attached hydrogen (secondary N) is 1. The number of hydrogen-bond acceptors (Lipinski definition) is 6. The average molecular weight is 617 g/mol. The lowest BCUT2D eigenvalue weighted by atomic mass is 9.82. The number of benzene rings is 3. The second-order valence-electron chi connectivity index (χ2n) is 11.2. The fraction of sp³-hybridized carbons (Fsp3) is 0.355. The van der Waals surface area contributed by atoms with Gasteiger partial charge in [0.25, 0.3) is 5.91 Å². The van der Waals surface area contributed by atoms with E-state index >= 15 is 0 Å². The van der Waals surface area contributed by atoms with Crippen LogP contribution in [0.1, 0.15) is 42.9 Å². The second kappa shape index (κ2) is 10.9. The van der Waals surface area contributed by atoms with Gasteiger partial charge in [0.15, 0.2) is 0 Å². The fourth-order valence-corrected chi connectivity index (χ4v) is 5.92. The highest BCUT2D eigenvalue weighted by Crippen LogP contribution is 2.57. The highest BCUT2D eigenvalue weighted by Gasteiger charge is 2.54. The number of carbonyl (C=O) groups excluding carboxylic acids is 1. The molecule has 2 N–H and O–H groups in total. The topological polar surface area (TPSA) is 97.3 Å². The lowest BCUT2D eigenvalue weighted by Gasteiger charge is -2.32. The normalized spacial score (nSPS) is 20.5. The van der Waals surface area contributed by atoms with E-state index in [-0.39, 0.29) is 17.4 Å². The van der Waals surface area contributed by atoms with E-state index in [1.54, 1.807) is 48.5 Å². The van der Waals surface area contributed by atoms with Gasteiger partial charge in [-0.2, -0.15) is 0 Å². The molecule has 0 bridgehead atoms. The van der Waals surface area contributed by atoms with Crippen molar-refractivity contribution in [2.24, 2.45) is 5.92 Å². The molecule has 12 heteroatoms. The molecule has 8 nitrogen and oxygen atoms in total. The van der Waals surface area contributed by atoms with Crippen molar-refractivity contribution in [3.8, 4) is 17.2 Å². The molecule has 2 aliphatic carbocycles. The van der Waals surface area contributed by atoms with Crippen LogP contribution in [-0.4, -0.2) is 43.1 Å². The Hall–Kier alpha value is -4.12. The van der Waals surface area contributed by atoms with Crippen LogP contribution in [0.2, 0.25) is 5.02 Å². The maximum atomic E-state index is 14.3. The summed E-state index contributed by atoms with van der Waals surface area (Å²) in [5.41, 5.74) is 2.00. The lowest BCUT2D eigenvalue weighted by molar-refractivity contribution is -0.274. The summed E-state index contributed by atoms with van der Waals surface area (Å²) in [5.74, 6) is -1.17. The quantitative estimate of drug-likeness (QED) is 0.275. The summed E-state index contributed by atoms with van der Waals surface area (Å²) in [6.45, 7) is 0.335. The first-order valence-electron chi connectivity index (χ1n) is 13.8. The molecule has 3 aromatic rings. The molecule has 1 spiro atoms. The van der Waals surface area contributed by atoms with Crippen molar-refractivity contribution in [2.45, 2.75) is 49.6 Å². The molecule has 1 unspecified atom stereocenters. The predicted octanol–water partition coefficient (Wildman–Crippen LogP) is 6.72.